The van der Waals surface area contributed by atoms with Gasteiger partial charge in [-0.25, -0.2) is 4.79 Å². The first-order chi connectivity index (χ1) is 9.72. The molecule has 1 aliphatic carbocycles. The van der Waals surface area contributed by atoms with Crippen LogP contribution in [0.4, 0.5) is 0 Å². The molecule has 20 heavy (non-hydrogen) atoms. The quantitative estimate of drug-likeness (QED) is 0.767. The van der Waals surface area contributed by atoms with Gasteiger partial charge in [0.05, 0.1) is 7.11 Å². The lowest BCUT2D eigenvalue weighted by Crippen LogP contribution is -2.43. The van der Waals surface area contributed by atoms with Crippen molar-refractivity contribution < 1.29 is 14.3 Å². The molecular formula is C15H18N2O3. The van der Waals surface area contributed by atoms with E-state index in [0.717, 1.165) is 19.3 Å². The van der Waals surface area contributed by atoms with Gasteiger partial charge in [0.25, 0.3) is 5.91 Å². The summed E-state index contributed by atoms with van der Waals surface area (Å²) in [5, 5.41) is 0. The van der Waals surface area contributed by atoms with Gasteiger partial charge in [-0.05, 0) is 36.8 Å². The third-order valence-electron chi connectivity index (χ3n) is 4.52. The van der Waals surface area contributed by atoms with Crippen molar-refractivity contribution in [1.82, 2.24) is 9.88 Å². The number of amides is 1. The van der Waals surface area contributed by atoms with Crippen LogP contribution in [-0.4, -0.2) is 41.5 Å². The lowest BCUT2D eigenvalue weighted by molar-refractivity contribution is -0.146. The van der Waals surface area contributed by atoms with Crippen LogP contribution < -0.4 is 0 Å². The van der Waals surface area contributed by atoms with E-state index in [9.17, 15) is 9.59 Å². The largest absolute Gasteiger partial charge is 0.467 e. The molecule has 0 unspecified atom stereocenters. The Balaban J connectivity index is 1.88. The van der Waals surface area contributed by atoms with Crippen molar-refractivity contribution in [2.45, 2.75) is 25.3 Å². The van der Waals surface area contributed by atoms with Gasteiger partial charge >= 0.3 is 5.97 Å². The Bertz CT molecular complexity index is 517. The Morgan fingerprint density at radius 1 is 1.30 bits per heavy atom. The molecule has 0 radical (unpaired) electrons. The Morgan fingerprint density at radius 3 is 2.75 bits per heavy atom. The monoisotopic (exact) mass is 274 g/mol. The first-order valence-electron chi connectivity index (χ1n) is 7.01. The van der Waals surface area contributed by atoms with Gasteiger partial charge in [-0.3, -0.25) is 9.78 Å². The molecule has 3 rings (SSSR count). The first-order valence-corrected chi connectivity index (χ1v) is 7.01. The molecule has 0 spiro atoms. The summed E-state index contributed by atoms with van der Waals surface area (Å²) < 4.78 is 4.91. The Morgan fingerprint density at radius 2 is 2.05 bits per heavy atom. The van der Waals surface area contributed by atoms with Gasteiger partial charge in [-0.15, -0.1) is 0 Å². The van der Waals surface area contributed by atoms with E-state index in [4.69, 9.17) is 4.74 Å². The maximum absolute atomic E-state index is 12.6. The summed E-state index contributed by atoms with van der Waals surface area (Å²) in [6.07, 6.45) is 6.43. The van der Waals surface area contributed by atoms with Crippen LogP contribution in [0.15, 0.2) is 24.5 Å². The number of esters is 1. The first kappa shape index (κ1) is 13.1. The number of carbonyl (C=O) groups excluding carboxylic acids is 2. The summed E-state index contributed by atoms with van der Waals surface area (Å²) >= 11 is 0. The minimum atomic E-state index is -0.423. The SMILES string of the molecule is COC(=O)[C@@H]1[C@H]2CCC[C@H]2CN1C(=O)c1ccncc1. The smallest absolute Gasteiger partial charge is 0.328 e. The van der Waals surface area contributed by atoms with Crippen molar-refractivity contribution in [1.29, 1.82) is 0 Å². The number of ether oxygens (including phenoxy) is 1. The van der Waals surface area contributed by atoms with Crippen molar-refractivity contribution in [3.63, 3.8) is 0 Å². The van der Waals surface area contributed by atoms with Gasteiger partial charge in [-0.2, -0.15) is 0 Å². The van der Waals surface area contributed by atoms with Crippen molar-refractivity contribution in [3.8, 4) is 0 Å². The minimum absolute atomic E-state index is 0.0998. The zero-order valence-electron chi connectivity index (χ0n) is 11.5. The molecule has 5 heteroatoms. The third-order valence-corrected chi connectivity index (χ3v) is 4.52. The highest BCUT2D eigenvalue weighted by atomic mass is 16.5. The molecule has 2 fully saturated rings. The molecule has 5 nitrogen and oxygen atoms in total. The number of hydrogen-bond donors (Lipinski definition) is 0. The van der Waals surface area contributed by atoms with Gasteiger partial charge in [-0.1, -0.05) is 6.42 Å². The van der Waals surface area contributed by atoms with Crippen molar-refractivity contribution in [2.24, 2.45) is 11.8 Å². The van der Waals surface area contributed by atoms with E-state index in [1.165, 1.54) is 7.11 Å². The number of nitrogens with zero attached hydrogens (tertiary/aromatic N) is 2. The van der Waals surface area contributed by atoms with E-state index < -0.39 is 6.04 Å². The average molecular weight is 274 g/mol. The van der Waals surface area contributed by atoms with E-state index in [0.29, 0.717) is 18.0 Å². The number of pyridine rings is 1. The predicted octanol–water partition coefficient (Wildman–Crippen LogP) is 1.50. The van der Waals surface area contributed by atoms with Crippen molar-refractivity contribution in [3.05, 3.63) is 30.1 Å². The van der Waals surface area contributed by atoms with Crippen LogP contribution in [0.5, 0.6) is 0 Å². The van der Waals surface area contributed by atoms with E-state index in [2.05, 4.69) is 4.98 Å². The number of rotatable bonds is 2. The number of methoxy groups -OCH3 is 1. The number of hydrogen-bond acceptors (Lipinski definition) is 4. The van der Waals surface area contributed by atoms with Gasteiger partial charge in [0.1, 0.15) is 6.04 Å². The number of fused-ring (bicyclic) bond motifs is 1. The molecule has 106 valence electrons. The lowest BCUT2D eigenvalue weighted by atomic mass is 9.94. The fraction of sp³-hybridized carbons (Fsp3) is 0.533. The molecule has 1 aromatic heterocycles. The highest BCUT2D eigenvalue weighted by Gasteiger charge is 2.50. The number of carbonyl (C=O) groups is 2. The third kappa shape index (κ3) is 2.07. The zero-order valence-corrected chi connectivity index (χ0v) is 11.5. The zero-order chi connectivity index (χ0) is 14.1. The van der Waals surface area contributed by atoms with Crippen LogP contribution in [-0.2, 0) is 9.53 Å². The average Bonchev–Trinajstić information content (AvgIpc) is 3.07. The summed E-state index contributed by atoms with van der Waals surface area (Å²) in [6.45, 7) is 0.658. The molecule has 1 aliphatic heterocycles. The van der Waals surface area contributed by atoms with Crippen LogP contribution in [0.1, 0.15) is 29.6 Å². The number of likely N-dealkylation sites (tertiary alicyclic amines) is 1. The molecule has 0 aromatic carbocycles. The maximum Gasteiger partial charge on any atom is 0.328 e. The van der Waals surface area contributed by atoms with Crippen molar-refractivity contribution >= 4 is 11.9 Å². The summed E-state index contributed by atoms with van der Waals surface area (Å²) in [7, 11) is 1.39. The Kier molecular flexibility index (Phi) is 3.42. The molecule has 1 aromatic rings. The second-order valence-electron chi connectivity index (χ2n) is 5.52. The summed E-state index contributed by atoms with van der Waals surface area (Å²) in [5.74, 6) is 0.303. The number of aromatic nitrogens is 1. The fourth-order valence-corrected chi connectivity index (χ4v) is 3.60. The standard InChI is InChI=1S/C15H18N2O3/c1-20-15(19)13-12-4-2-3-11(12)9-17(13)14(18)10-5-7-16-8-6-10/h5-8,11-13H,2-4,9H2,1H3/t11-,12-,13-/m0/s1. The van der Waals surface area contributed by atoms with Gasteiger partial charge in [0, 0.05) is 24.5 Å². The van der Waals surface area contributed by atoms with E-state index >= 15 is 0 Å². The second-order valence-corrected chi connectivity index (χ2v) is 5.52. The highest BCUT2D eigenvalue weighted by molar-refractivity contribution is 5.97. The van der Waals surface area contributed by atoms with Crippen molar-refractivity contribution in [2.75, 3.05) is 13.7 Å². The normalized spacial score (nSPS) is 28.2. The molecular weight excluding hydrogens is 256 g/mol. The van der Waals surface area contributed by atoms with E-state index in [1.807, 2.05) is 0 Å². The van der Waals surface area contributed by atoms with Crippen LogP contribution in [0.25, 0.3) is 0 Å². The molecule has 1 saturated heterocycles. The molecule has 1 amide bonds. The van der Waals surface area contributed by atoms with Gasteiger partial charge in [0.2, 0.25) is 0 Å². The molecule has 1 saturated carbocycles. The van der Waals surface area contributed by atoms with Crippen LogP contribution >= 0.6 is 0 Å². The fourth-order valence-electron chi connectivity index (χ4n) is 3.60. The van der Waals surface area contributed by atoms with Crippen LogP contribution in [0, 0.1) is 11.8 Å². The van der Waals surface area contributed by atoms with Gasteiger partial charge < -0.3 is 9.64 Å². The molecule has 0 bridgehead atoms. The highest BCUT2D eigenvalue weighted by Crippen LogP contribution is 2.42. The van der Waals surface area contributed by atoms with E-state index in [1.54, 1.807) is 29.4 Å². The topological polar surface area (TPSA) is 59.5 Å². The predicted molar refractivity (Wildman–Crippen MR) is 71.9 cm³/mol. The molecule has 2 aliphatic rings. The van der Waals surface area contributed by atoms with Crippen LogP contribution in [0.2, 0.25) is 0 Å². The Hall–Kier alpha value is -1.91. The molecule has 2 heterocycles. The summed E-state index contributed by atoms with van der Waals surface area (Å²) in [4.78, 5) is 30.3. The second kappa shape index (κ2) is 5.23. The maximum atomic E-state index is 12.6. The summed E-state index contributed by atoms with van der Waals surface area (Å²) in [5.41, 5.74) is 0.578. The Labute approximate surface area is 117 Å². The molecule has 3 atom stereocenters. The van der Waals surface area contributed by atoms with E-state index in [-0.39, 0.29) is 17.8 Å². The minimum Gasteiger partial charge on any atom is -0.467 e. The molecule has 0 N–H and O–H groups in total. The van der Waals surface area contributed by atoms with Gasteiger partial charge in [0.15, 0.2) is 0 Å². The summed E-state index contributed by atoms with van der Waals surface area (Å²) in [6, 6.07) is 2.95. The lowest BCUT2D eigenvalue weighted by Gasteiger charge is -2.25. The van der Waals surface area contributed by atoms with Crippen LogP contribution in [0.3, 0.4) is 0 Å².